The first kappa shape index (κ1) is 14.8. The maximum absolute atomic E-state index is 4.60. The number of nitrogens with one attached hydrogen (secondary N) is 1. The van der Waals surface area contributed by atoms with Gasteiger partial charge in [-0.25, -0.2) is 9.97 Å². The number of hydrogen-bond donors (Lipinski definition) is 1. The Bertz CT molecular complexity index is 995. The van der Waals surface area contributed by atoms with Crippen molar-refractivity contribution >= 4 is 31.5 Å². The molecule has 1 N–H and O–H groups in total. The van der Waals surface area contributed by atoms with Crippen LogP contribution in [-0.4, -0.2) is 19.5 Å². The molecule has 1 unspecified atom stereocenters. The summed E-state index contributed by atoms with van der Waals surface area (Å²) in [6.07, 6.45) is 3.54. The standard InChI is InChI=1S/C18H16N5P/c24-16-8-4-1-5-13(16)11-20-18-19-10-9-17(22-18)23-12-21-14-6-2-3-7-15(14)23/h1-10,12H,11,24H2,(H,19,20,22). The number of aromatic nitrogens is 4. The maximum atomic E-state index is 4.60. The van der Waals surface area contributed by atoms with Crippen LogP contribution in [0.2, 0.25) is 0 Å². The highest BCUT2D eigenvalue weighted by atomic mass is 31.0. The molecular formula is C18H16N5P. The maximum Gasteiger partial charge on any atom is 0.224 e. The van der Waals surface area contributed by atoms with Crippen molar-refractivity contribution in [2.75, 3.05) is 5.32 Å². The number of nitrogens with zero attached hydrogens (tertiary/aromatic N) is 4. The number of para-hydroxylation sites is 2. The first-order chi connectivity index (χ1) is 11.8. The summed E-state index contributed by atoms with van der Waals surface area (Å²) in [5.74, 6) is 1.39. The van der Waals surface area contributed by atoms with E-state index in [0.29, 0.717) is 12.5 Å². The van der Waals surface area contributed by atoms with Gasteiger partial charge in [0.05, 0.1) is 11.0 Å². The third-order valence-corrected chi connectivity index (χ3v) is 4.40. The van der Waals surface area contributed by atoms with E-state index in [9.17, 15) is 0 Å². The Morgan fingerprint density at radius 1 is 0.958 bits per heavy atom. The third kappa shape index (κ3) is 2.86. The van der Waals surface area contributed by atoms with E-state index >= 15 is 0 Å². The molecule has 1 atom stereocenters. The van der Waals surface area contributed by atoms with Crippen molar-refractivity contribution < 1.29 is 0 Å². The van der Waals surface area contributed by atoms with Crippen molar-refractivity contribution in [2.45, 2.75) is 6.54 Å². The van der Waals surface area contributed by atoms with Crippen LogP contribution in [0.5, 0.6) is 0 Å². The molecule has 0 bridgehead atoms. The van der Waals surface area contributed by atoms with Crippen molar-refractivity contribution in [3.63, 3.8) is 0 Å². The second kappa shape index (κ2) is 6.38. The molecule has 24 heavy (non-hydrogen) atoms. The van der Waals surface area contributed by atoms with Crippen LogP contribution in [0.15, 0.2) is 67.1 Å². The van der Waals surface area contributed by atoms with Crippen molar-refractivity contribution in [3.8, 4) is 5.82 Å². The molecule has 4 aromatic rings. The van der Waals surface area contributed by atoms with Crippen LogP contribution in [0.4, 0.5) is 5.95 Å². The highest BCUT2D eigenvalue weighted by molar-refractivity contribution is 7.27. The Labute approximate surface area is 142 Å². The fourth-order valence-corrected chi connectivity index (χ4v) is 2.89. The molecule has 0 aliphatic heterocycles. The molecule has 0 aliphatic carbocycles. The molecule has 0 fully saturated rings. The largest absolute Gasteiger partial charge is 0.350 e. The quantitative estimate of drug-likeness (QED) is 0.584. The molecule has 2 aromatic carbocycles. The number of fused-ring (bicyclic) bond motifs is 1. The van der Waals surface area contributed by atoms with E-state index in [0.717, 1.165) is 16.9 Å². The average Bonchev–Trinajstić information content (AvgIpc) is 3.05. The molecule has 118 valence electrons. The lowest BCUT2D eigenvalue weighted by Gasteiger charge is -2.09. The summed E-state index contributed by atoms with van der Waals surface area (Å²) >= 11 is 0. The number of anilines is 1. The van der Waals surface area contributed by atoms with E-state index < -0.39 is 0 Å². The minimum absolute atomic E-state index is 0.596. The summed E-state index contributed by atoms with van der Waals surface area (Å²) in [5, 5.41) is 4.45. The predicted molar refractivity (Wildman–Crippen MR) is 99.8 cm³/mol. The van der Waals surface area contributed by atoms with Crippen molar-refractivity contribution in [1.29, 1.82) is 0 Å². The topological polar surface area (TPSA) is 55.6 Å². The lowest BCUT2D eigenvalue weighted by atomic mass is 10.2. The highest BCUT2D eigenvalue weighted by Crippen LogP contribution is 2.17. The second-order valence-corrected chi connectivity index (χ2v) is 6.02. The highest BCUT2D eigenvalue weighted by Gasteiger charge is 2.06. The summed E-state index contributed by atoms with van der Waals surface area (Å²) in [6.45, 7) is 0.674. The van der Waals surface area contributed by atoms with Gasteiger partial charge in [0.2, 0.25) is 5.95 Å². The summed E-state index contributed by atoms with van der Waals surface area (Å²) in [7, 11) is 2.75. The number of imidazole rings is 1. The van der Waals surface area contributed by atoms with Gasteiger partial charge in [0, 0.05) is 12.7 Å². The molecule has 5 nitrogen and oxygen atoms in total. The van der Waals surface area contributed by atoms with Crippen LogP contribution in [0.3, 0.4) is 0 Å². The van der Waals surface area contributed by atoms with Crippen LogP contribution in [-0.2, 0) is 6.54 Å². The normalized spacial score (nSPS) is 10.9. The molecule has 0 aliphatic rings. The van der Waals surface area contributed by atoms with Crippen molar-refractivity contribution in [1.82, 2.24) is 19.5 Å². The second-order valence-electron chi connectivity index (χ2n) is 5.39. The van der Waals surface area contributed by atoms with E-state index in [1.807, 2.05) is 47.0 Å². The van der Waals surface area contributed by atoms with Crippen LogP contribution in [0, 0.1) is 0 Å². The van der Waals surface area contributed by atoms with Gasteiger partial charge in [0.1, 0.15) is 12.1 Å². The Balaban J connectivity index is 1.61. The fourth-order valence-electron chi connectivity index (χ4n) is 2.58. The van der Waals surface area contributed by atoms with Crippen molar-refractivity contribution in [2.24, 2.45) is 0 Å². The van der Waals surface area contributed by atoms with Gasteiger partial charge in [0.15, 0.2) is 0 Å². The molecule has 2 heterocycles. The summed E-state index contributed by atoms with van der Waals surface area (Å²) < 4.78 is 1.96. The predicted octanol–water partition coefficient (Wildman–Crippen LogP) is 2.93. The van der Waals surface area contributed by atoms with E-state index in [1.165, 1.54) is 10.9 Å². The smallest absolute Gasteiger partial charge is 0.224 e. The Kier molecular flexibility index (Phi) is 3.93. The molecule has 4 rings (SSSR count). The van der Waals surface area contributed by atoms with Gasteiger partial charge in [-0.3, -0.25) is 4.57 Å². The van der Waals surface area contributed by atoms with Gasteiger partial charge in [-0.1, -0.05) is 36.4 Å². The molecule has 2 aromatic heterocycles. The van der Waals surface area contributed by atoms with Crippen LogP contribution in [0.1, 0.15) is 5.56 Å². The van der Waals surface area contributed by atoms with E-state index in [-0.39, 0.29) is 0 Å². The fraction of sp³-hybridized carbons (Fsp3) is 0.0556. The third-order valence-electron chi connectivity index (χ3n) is 3.83. The lowest BCUT2D eigenvalue weighted by molar-refractivity contribution is 0.977. The Hall–Kier alpha value is -2.78. The van der Waals surface area contributed by atoms with Gasteiger partial charge in [-0.15, -0.1) is 9.24 Å². The number of rotatable bonds is 4. The Morgan fingerprint density at radius 2 is 1.79 bits per heavy atom. The van der Waals surface area contributed by atoms with Gasteiger partial charge in [-0.2, -0.15) is 4.98 Å². The molecule has 0 saturated heterocycles. The van der Waals surface area contributed by atoms with Crippen LogP contribution in [0.25, 0.3) is 16.9 Å². The molecule has 0 amide bonds. The lowest BCUT2D eigenvalue weighted by Crippen LogP contribution is -2.10. The van der Waals surface area contributed by atoms with Gasteiger partial charge in [-0.05, 0) is 29.1 Å². The number of benzene rings is 2. The monoisotopic (exact) mass is 333 g/mol. The molecule has 0 radical (unpaired) electrons. The summed E-state index contributed by atoms with van der Waals surface area (Å²) in [4.78, 5) is 13.3. The zero-order valence-corrected chi connectivity index (χ0v) is 14.1. The number of hydrogen-bond acceptors (Lipinski definition) is 4. The summed E-state index contributed by atoms with van der Waals surface area (Å²) in [6, 6.07) is 18.1. The van der Waals surface area contributed by atoms with Crippen LogP contribution >= 0.6 is 9.24 Å². The molecular weight excluding hydrogens is 317 g/mol. The minimum Gasteiger partial charge on any atom is -0.350 e. The van der Waals surface area contributed by atoms with E-state index in [1.54, 1.807) is 12.5 Å². The van der Waals surface area contributed by atoms with E-state index in [2.05, 4.69) is 41.6 Å². The Morgan fingerprint density at radius 3 is 2.71 bits per heavy atom. The SMILES string of the molecule is Pc1ccccc1CNc1nccc(-n2cnc3ccccc32)n1. The molecule has 6 heteroatoms. The first-order valence-electron chi connectivity index (χ1n) is 7.64. The molecule has 0 saturated carbocycles. The van der Waals surface area contributed by atoms with Gasteiger partial charge >= 0.3 is 0 Å². The minimum atomic E-state index is 0.596. The summed E-state index contributed by atoms with van der Waals surface area (Å²) in [5.41, 5.74) is 3.17. The van der Waals surface area contributed by atoms with Crippen molar-refractivity contribution in [3.05, 3.63) is 72.7 Å². The molecule has 0 spiro atoms. The van der Waals surface area contributed by atoms with Gasteiger partial charge in [0.25, 0.3) is 0 Å². The van der Waals surface area contributed by atoms with E-state index in [4.69, 9.17) is 0 Å². The van der Waals surface area contributed by atoms with Gasteiger partial charge < -0.3 is 5.32 Å². The van der Waals surface area contributed by atoms with Crippen LogP contribution < -0.4 is 10.6 Å². The average molecular weight is 333 g/mol. The zero-order valence-electron chi connectivity index (χ0n) is 12.9. The first-order valence-corrected chi connectivity index (χ1v) is 8.22. The zero-order chi connectivity index (χ0) is 16.4.